The van der Waals surface area contributed by atoms with E-state index < -0.39 is 10.0 Å². The Hall–Kier alpha value is -3.53. The fraction of sp³-hybridized carbons (Fsp3) is 0.241. The number of rotatable bonds is 7. The molecule has 1 aliphatic heterocycles. The van der Waals surface area contributed by atoms with Gasteiger partial charge in [-0.15, -0.1) is 0 Å². The molecule has 0 bridgehead atoms. The zero-order chi connectivity index (χ0) is 26.1. The van der Waals surface area contributed by atoms with Gasteiger partial charge in [-0.25, -0.2) is 8.42 Å². The van der Waals surface area contributed by atoms with Crippen molar-refractivity contribution in [2.24, 2.45) is 0 Å². The third-order valence-electron chi connectivity index (χ3n) is 7.29. The predicted octanol–water partition coefficient (Wildman–Crippen LogP) is 5.03. The fourth-order valence-corrected chi connectivity index (χ4v) is 7.35. The van der Waals surface area contributed by atoms with E-state index in [2.05, 4.69) is 39.0 Å². The Labute approximate surface area is 227 Å². The second-order valence-corrected chi connectivity index (χ2v) is 12.3. The molecule has 1 saturated heterocycles. The summed E-state index contributed by atoms with van der Waals surface area (Å²) in [6.07, 6.45) is 2.40. The number of aromatic nitrogens is 2. The van der Waals surface area contributed by atoms with Gasteiger partial charge in [0.05, 0.1) is 15.9 Å². The van der Waals surface area contributed by atoms with Crippen LogP contribution in [0.1, 0.15) is 5.56 Å². The minimum absolute atomic E-state index is 0.221. The highest BCUT2D eigenvalue weighted by molar-refractivity contribution is 7.93. The Morgan fingerprint density at radius 3 is 2.53 bits per heavy atom. The van der Waals surface area contributed by atoms with Crippen molar-refractivity contribution in [1.82, 2.24) is 14.3 Å². The Morgan fingerprint density at radius 1 is 0.895 bits per heavy atom. The van der Waals surface area contributed by atoms with Crippen LogP contribution in [0.15, 0.2) is 90.0 Å². The number of hydrogen-bond donors (Lipinski definition) is 0. The summed E-state index contributed by atoms with van der Waals surface area (Å²) in [5.74, 6) is 1.09. The Morgan fingerprint density at radius 2 is 1.66 bits per heavy atom. The molecule has 0 saturated carbocycles. The molecule has 0 N–H and O–H groups in total. The van der Waals surface area contributed by atoms with Crippen LogP contribution in [0.3, 0.4) is 0 Å². The monoisotopic (exact) mass is 543 g/mol. The molecule has 0 spiro atoms. The van der Waals surface area contributed by atoms with Gasteiger partial charge in [0.25, 0.3) is 10.0 Å². The maximum atomic E-state index is 13.7. The number of piperazine rings is 1. The smallest absolute Gasteiger partial charge is 0.266 e. The average molecular weight is 544 g/mol. The van der Waals surface area contributed by atoms with E-state index in [9.17, 15) is 8.42 Å². The number of nitrogens with zero attached hydrogens (tertiary/aromatic N) is 5. The zero-order valence-corrected chi connectivity index (χ0v) is 22.8. The first-order valence-corrected chi connectivity index (χ1v) is 15.0. The van der Waals surface area contributed by atoms with Gasteiger partial charge < -0.3 is 4.90 Å². The molecule has 3 heterocycles. The van der Waals surface area contributed by atoms with E-state index in [1.807, 2.05) is 42.5 Å². The lowest BCUT2D eigenvalue weighted by molar-refractivity contribution is 0.261. The summed E-state index contributed by atoms with van der Waals surface area (Å²) in [6, 6.07) is 25.2. The van der Waals surface area contributed by atoms with Crippen molar-refractivity contribution in [3.05, 3.63) is 90.6 Å². The van der Waals surface area contributed by atoms with E-state index in [4.69, 9.17) is 4.37 Å². The summed E-state index contributed by atoms with van der Waals surface area (Å²) in [4.78, 5) is 9.41. The van der Waals surface area contributed by atoms with Gasteiger partial charge >= 0.3 is 0 Å². The molecule has 5 aromatic rings. The molecule has 0 atom stereocenters. The summed E-state index contributed by atoms with van der Waals surface area (Å²) in [5.41, 5.74) is 2.21. The summed E-state index contributed by atoms with van der Waals surface area (Å²) in [7, 11) is -2.16. The normalized spacial score (nSPS) is 14.8. The standard InChI is InChI=1S/C29H29N5O2S2/c1-32(38(35,36)27-14-6-9-23-10-7-16-30-28(23)27)25-12-4-2-8-22(25)15-17-33-18-20-34(21-19-33)29-24-11-3-5-13-26(24)37-31-29/h2-14,16H,15,17-21H2,1H3. The van der Waals surface area contributed by atoms with E-state index >= 15 is 0 Å². The molecule has 2 aromatic heterocycles. The molecule has 0 amide bonds. The van der Waals surface area contributed by atoms with Gasteiger partial charge in [-0.3, -0.25) is 14.2 Å². The molecule has 1 aliphatic rings. The number of hydrogen-bond acceptors (Lipinski definition) is 7. The third-order valence-corrected chi connectivity index (χ3v) is 9.91. The number of pyridine rings is 1. The van der Waals surface area contributed by atoms with Crippen LogP contribution in [0.2, 0.25) is 0 Å². The number of benzene rings is 3. The summed E-state index contributed by atoms with van der Waals surface area (Å²) >= 11 is 1.56. The predicted molar refractivity (Wildman–Crippen MR) is 156 cm³/mol. The molecule has 3 aromatic carbocycles. The average Bonchev–Trinajstić information content (AvgIpc) is 3.40. The van der Waals surface area contributed by atoms with Gasteiger partial charge in [0, 0.05) is 56.7 Å². The SMILES string of the molecule is CN(c1ccccc1CCN1CCN(c2nsc3ccccc23)CC1)S(=O)(=O)c1cccc2cccnc12. The lowest BCUT2D eigenvalue weighted by Gasteiger charge is -2.35. The van der Waals surface area contributed by atoms with Crippen LogP contribution in [0.5, 0.6) is 0 Å². The summed E-state index contributed by atoms with van der Waals surface area (Å²) in [5, 5.41) is 2.03. The van der Waals surface area contributed by atoms with Crippen molar-refractivity contribution in [3.63, 3.8) is 0 Å². The van der Waals surface area contributed by atoms with Crippen LogP contribution in [0.25, 0.3) is 21.0 Å². The molecule has 0 aliphatic carbocycles. The molecular weight excluding hydrogens is 514 g/mol. The van der Waals surface area contributed by atoms with Gasteiger partial charge in [-0.1, -0.05) is 48.5 Å². The van der Waals surface area contributed by atoms with Crippen molar-refractivity contribution in [2.45, 2.75) is 11.3 Å². The van der Waals surface area contributed by atoms with E-state index in [0.717, 1.165) is 55.9 Å². The van der Waals surface area contributed by atoms with E-state index in [-0.39, 0.29) is 4.90 Å². The van der Waals surface area contributed by atoms with Crippen LogP contribution in [0.4, 0.5) is 11.5 Å². The maximum Gasteiger partial charge on any atom is 0.266 e. The molecule has 0 radical (unpaired) electrons. The molecular formula is C29H29N5O2S2. The van der Waals surface area contributed by atoms with Gasteiger partial charge in [0.15, 0.2) is 0 Å². The number of anilines is 2. The summed E-state index contributed by atoms with van der Waals surface area (Å²) in [6.45, 7) is 4.62. The largest absolute Gasteiger partial charge is 0.353 e. The first-order chi connectivity index (χ1) is 18.5. The minimum Gasteiger partial charge on any atom is -0.353 e. The van der Waals surface area contributed by atoms with Crippen LogP contribution in [-0.2, 0) is 16.4 Å². The Balaban J connectivity index is 1.15. The summed E-state index contributed by atoms with van der Waals surface area (Å²) < 4.78 is 34.8. The second-order valence-electron chi connectivity index (χ2n) is 9.51. The minimum atomic E-state index is -3.79. The second kappa shape index (κ2) is 10.3. The van der Waals surface area contributed by atoms with Gasteiger partial charge in [-0.2, -0.15) is 4.37 Å². The van der Waals surface area contributed by atoms with Crippen molar-refractivity contribution in [1.29, 1.82) is 0 Å². The first-order valence-electron chi connectivity index (χ1n) is 12.7. The first kappa shape index (κ1) is 24.8. The van der Waals surface area contributed by atoms with E-state index in [0.29, 0.717) is 11.2 Å². The lowest BCUT2D eigenvalue weighted by Crippen LogP contribution is -2.47. The number of fused-ring (bicyclic) bond motifs is 2. The Kier molecular flexibility index (Phi) is 6.73. The van der Waals surface area contributed by atoms with Crippen molar-refractivity contribution in [3.8, 4) is 0 Å². The van der Waals surface area contributed by atoms with Gasteiger partial charge in [-0.05, 0) is 53.8 Å². The van der Waals surface area contributed by atoms with E-state index in [1.165, 1.54) is 14.4 Å². The van der Waals surface area contributed by atoms with Crippen LogP contribution >= 0.6 is 11.5 Å². The lowest BCUT2D eigenvalue weighted by atomic mass is 10.1. The number of sulfonamides is 1. The quantitative estimate of drug-likeness (QED) is 0.287. The topological polar surface area (TPSA) is 69.6 Å². The number of para-hydroxylation sites is 2. The highest BCUT2D eigenvalue weighted by Crippen LogP contribution is 2.31. The van der Waals surface area contributed by atoms with Crippen molar-refractivity contribution >= 4 is 54.1 Å². The molecule has 194 valence electrons. The van der Waals surface area contributed by atoms with E-state index in [1.54, 1.807) is 36.9 Å². The third kappa shape index (κ3) is 4.62. The van der Waals surface area contributed by atoms with Crippen LogP contribution in [-0.4, -0.2) is 62.4 Å². The van der Waals surface area contributed by atoms with Gasteiger partial charge in [0.2, 0.25) is 0 Å². The zero-order valence-electron chi connectivity index (χ0n) is 21.2. The molecule has 38 heavy (non-hydrogen) atoms. The maximum absolute atomic E-state index is 13.7. The molecule has 7 nitrogen and oxygen atoms in total. The Bertz CT molecular complexity index is 1690. The van der Waals surface area contributed by atoms with Crippen molar-refractivity contribution < 1.29 is 8.42 Å². The molecule has 6 rings (SSSR count). The molecule has 0 unspecified atom stereocenters. The van der Waals surface area contributed by atoms with Crippen molar-refractivity contribution in [2.75, 3.05) is 49.0 Å². The highest BCUT2D eigenvalue weighted by Gasteiger charge is 2.26. The molecule has 1 fully saturated rings. The fourth-order valence-electron chi connectivity index (χ4n) is 5.15. The highest BCUT2D eigenvalue weighted by atomic mass is 32.2. The molecule has 9 heteroatoms. The van der Waals surface area contributed by atoms with Crippen LogP contribution < -0.4 is 9.21 Å². The van der Waals surface area contributed by atoms with Gasteiger partial charge in [0.1, 0.15) is 10.7 Å². The van der Waals surface area contributed by atoms with Crippen LogP contribution in [0, 0.1) is 0 Å².